The topological polar surface area (TPSA) is 76.0 Å². The third-order valence-corrected chi connectivity index (χ3v) is 5.77. The van der Waals surface area contributed by atoms with Crippen molar-refractivity contribution in [2.24, 2.45) is 0 Å². The number of ether oxygens (including phenoxy) is 1. The van der Waals surface area contributed by atoms with Crippen LogP contribution in [0.2, 0.25) is 0 Å². The van der Waals surface area contributed by atoms with Gasteiger partial charge in [-0.2, -0.15) is 5.10 Å². The average molecular weight is 431 g/mol. The fraction of sp³-hybridized carbons (Fsp3) is 0.208. The van der Waals surface area contributed by atoms with Gasteiger partial charge in [0.25, 0.3) is 5.91 Å². The van der Waals surface area contributed by atoms with Gasteiger partial charge in [0.15, 0.2) is 0 Å². The molecule has 1 aliphatic rings. The molecule has 1 unspecified atom stereocenters. The predicted molar refractivity (Wildman–Crippen MR) is 117 cm³/mol. The van der Waals surface area contributed by atoms with Crippen molar-refractivity contribution in [3.63, 3.8) is 0 Å². The second-order valence-corrected chi connectivity index (χ2v) is 7.70. The lowest BCUT2D eigenvalue weighted by Crippen LogP contribution is -2.31. The van der Waals surface area contributed by atoms with Crippen LogP contribution in [-0.2, 0) is 6.54 Å². The molecule has 2 aromatic heterocycles. The van der Waals surface area contributed by atoms with E-state index in [1.165, 1.54) is 12.1 Å². The number of fused-ring (bicyclic) bond motifs is 1. The monoisotopic (exact) mass is 431 g/mol. The normalized spacial score (nSPS) is 15.2. The summed E-state index contributed by atoms with van der Waals surface area (Å²) in [5, 5.41) is 7.38. The molecule has 0 saturated heterocycles. The van der Waals surface area contributed by atoms with E-state index in [2.05, 4.69) is 15.2 Å². The Bertz CT molecular complexity index is 1230. The van der Waals surface area contributed by atoms with Crippen molar-refractivity contribution in [1.29, 1.82) is 0 Å². The maximum absolute atomic E-state index is 14.1. The van der Waals surface area contributed by atoms with Gasteiger partial charge < -0.3 is 14.2 Å². The van der Waals surface area contributed by atoms with Crippen molar-refractivity contribution < 1.29 is 13.9 Å². The molecule has 5 rings (SSSR count). The molecule has 0 bridgehead atoms. The van der Waals surface area contributed by atoms with Crippen molar-refractivity contribution in [2.45, 2.75) is 19.0 Å². The number of H-pyrrole nitrogens is 1. The van der Waals surface area contributed by atoms with Gasteiger partial charge >= 0.3 is 0 Å². The van der Waals surface area contributed by atoms with Gasteiger partial charge in [0.05, 0.1) is 25.2 Å². The second-order valence-electron chi connectivity index (χ2n) is 7.70. The molecule has 0 spiro atoms. The minimum Gasteiger partial charge on any atom is -0.497 e. The van der Waals surface area contributed by atoms with Gasteiger partial charge in [-0.1, -0.05) is 12.1 Å². The second kappa shape index (κ2) is 8.30. The van der Waals surface area contributed by atoms with Crippen LogP contribution in [0.5, 0.6) is 5.75 Å². The third kappa shape index (κ3) is 3.53. The van der Waals surface area contributed by atoms with Gasteiger partial charge in [-0.05, 0) is 48.4 Å². The molecule has 4 aromatic rings. The number of hydrogen-bond acceptors (Lipinski definition) is 4. The van der Waals surface area contributed by atoms with Crippen LogP contribution >= 0.6 is 0 Å². The summed E-state index contributed by atoms with van der Waals surface area (Å²) >= 11 is 0. The molecule has 0 fully saturated rings. The Morgan fingerprint density at radius 3 is 2.72 bits per heavy atom. The lowest BCUT2D eigenvalue weighted by Gasteiger charge is -2.26. The van der Waals surface area contributed by atoms with Gasteiger partial charge in [0.2, 0.25) is 0 Å². The Morgan fingerprint density at radius 1 is 1.16 bits per heavy atom. The summed E-state index contributed by atoms with van der Waals surface area (Å²) in [4.78, 5) is 19.2. The van der Waals surface area contributed by atoms with Gasteiger partial charge in [0, 0.05) is 36.6 Å². The fourth-order valence-corrected chi connectivity index (χ4v) is 4.26. The van der Waals surface area contributed by atoms with Crippen LogP contribution in [0.25, 0.3) is 11.3 Å². The van der Waals surface area contributed by atoms with E-state index >= 15 is 0 Å². The molecule has 3 heterocycles. The number of aryl methyl sites for hydroxylation is 1. The number of methoxy groups -OCH3 is 1. The third-order valence-electron chi connectivity index (χ3n) is 5.77. The number of carbonyl (C=O) groups is 1. The molecule has 1 aliphatic heterocycles. The van der Waals surface area contributed by atoms with Crippen LogP contribution in [0.15, 0.2) is 67.3 Å². The minimum absolute atomic E-state index is 0.132. The van der Waals surface area contributed by atoms with Crippen molar-refractivity contribution in [3.05, 3.63) is 89.9 Å². The predicted octanol–water partition coefficient (Wildman–Crippen LogP) is 4.06. The van der Waals surface area contributed by atoms with Crippen molar-refractivity contribution >= 4 is 5.91 Å². The van der Waals surface area contributed by atoms with Crippen LogP contribution in [0.4, 0.5) is 4.39 Å². The molecule has 8 heteroatoms. The first kappa shape index (κ1) is 20.0. The summed E-state index contributed by atoms with van der Waals surface area (Å²) in [5.41, 5.74) is 3.48. The number of rotatable bonds is 7. The van der Waals surface area contributed by atoms with E-state index in [0.29, 0.717) is 17.9 Å². The van der Waals surface area contributed by atoms with Crippen molar-refractivity contribution in [1.82, 2.24) is 24.6 Å². The Hall–Kier alpha value is -3.94. The van der Waals surface area contributed by atoms with E-state index in [1.54, 1.807) is 30.6 Å². The van der Waals surface area contributed by atoms with E-state index in [4.69, 9.17) is 4.74 Å². The number of aromatic nitrogens is 4. The van der Waals surface area contributed by atoms with Crippen LogP contribution in [0, 0.1) is 5.82 Å². The van der Waals surface area contributed by atoms with E-state index in [-0.39, 0.29) is 11.7 Å². The van der Waals surface area contributed by atoms with Gasteiger partial charge in [-0.25, -0.2) is 9.37 Å². The highest BCUT2D eigenvalue weighted by Crippen LogP contribution is 2.43. The SMILES string of the molecule is COc1ccc(-c2n[nH]c3c2C(c2cccc(F)c2)N(CCCn2ccnc2)C3=O)cc1. The number of halogens is 1. The number of amides is 1. The number of aromatic amines is 1. The first-order valence-electron chi connectivity index (χ1n) is 10.4. The molecule has 0 saturated carbocycles. The van der Waals surface area contributed by atoms with E-state index < -0.39 is 6.04 Å². The first-order valence-corrected chi connectivity index (χ1v) is 10.4. The first-order chi connectivity index (χ1) is 15.7. The number of imidazole rings is 1. The Kier molecular flexibility index (Phi) is 5.18. The standard InChI is InChI=1S/C24H22FN5O2/c1-32-19-8-6-16(7-9-19)21-20-22(28-27-21)24(31)30(12-3-11-29-13-10-26-15-29)23(20)17-4-2-5-18(25)14-17/h2,4-10,13-15,23H,3,11-12H2,1H3,(H,27,28). The number of benzene rings is 2. The molecule has 7 nitrogen and oxygen atoms in total. The Morgan fingerprint density at radius 2 is 2.00 bits per heavy atom. The van der Waals surface area contributed by atoms with Crippen LogP contribution in [0.1, 0.15) is 34.1 Å². The van der Waals surface area contributed by atoms with E-state index in [1.807, 2.05) is 41.1 Å². The van der Waals surface area contributed by atoms with Crippen LogP contribution < -0.4 is 4.74 Å². The molecule has 1 atom stereocenters. The van der Waals surface area contributed by atoms with Crippen molar-refractivity contribution in [3.8, 4) is 17.0 Å². The average Bonchev–Trinajstić information content (AvgIpc) is 3.53. The molecule has 162 valence electrons. The highest BCUT2D eigenvalue weighted by molar-refractivity contribution is 6.00. The molecule has 32 heavy (non-hydrogen) atoms. The van der Waals surface area contributed by atoms with Crippen LogP contribution in [0.3, 0.4) is 0 Å². The smallest absolute Gasteiger partial charge is 0.273 e. The lowest BCUT2D eigenvalue weighted by molar-refractivity contribution is 0.0739. The minimum atomic E-state index is -0.424. The van der Waals surface area contributed by atoms with Crippen LogP contribution in [-0.4, -0.2) is 44.2 Å². The number of nitrogens with one attached hydrogen (secondary N) is 1. The molecule has 0 aliphatic carbocycles. The maximum Gasteiger partial charge on any atom is 0.273 e. The van der Waals surface area contributed by atoms with Crippen molar-refractivity contribution in [2.75, 3.05) is 13.7 Å². The van der Waals surface area contributed by atoms with E-state index in [0.717, 1.165) is 35.4 Å². The Balaban J connectivity index is 1.52. The number of nitrogens with zero attached hydrogens (tertiary/aromatic N) is 4. The molecular formula is C24H22FN5O2. The summed E-state index contributed by atoms with van der Waals surface area (Å²) in [5.74, 6) is 0.267. The quantitative estimate of drug-likeness (QED) is 0.479. The Labute approximate surface area is 184 Å². The summed E-state index contributed by atoms with van der Waals surface area (Å²) in [7, 11) is 1.61. The van der Waals surface area contributed by atoms with E-state index in [9.17, 15) is 9.18 Å². The summed E-state index contributed by atoms with van der Waals surface area (Å²) < 4.78 is 21.4. The number of hydrogen-bond donors (Lipinski definition) is 1. The zero-order valence-electron chi connectivity index (χ0n) is 17.5. The zero-order valence-corrected chi connectivity index (χ0v) is 17.5. The summed E-state index contributed by atoms with van der Waals surface area (Å²) in [6.45, 7) is 1.25. The molecular weight excluding hydrogens is 409 g/mol. The molecule has 1 N–H and O–H groups in total. The molecule has 1 amide bonds. The highest BCUT2D eigenvalue weighted by Gasteiger charge is 2.41. The highest BCUT2D eigenvalue weighted by atomic mass is 19.1. The largest absolute Gasteiger partial charge is 0.497 e. The van der Waals surface area contributed by atoms with Gasteiger partial charge in [-0.15, -0.1) is 0 Å². The fourth-order valence-electron chi connectivity index (χ4n) is 4.26. The van der Waals surface area contributed by atoms with Gasteiger partial charge in [0.1, 0.15) is 17.3 Å². The zero-order chi connectivity index (χ0) is 22.1. The molecule has 2 aromatic carbocycles. The number of carbonyl (C=O) groups excluding carboxylic acids is 1. The lowest BCUT2D eigenvalue weighted by atomic mass is 9.96. The maximum atomic E-state index is 14.1. The van der Waals surface area contributed by atoms with Gasteiger partial charge in [-0.3, -0.25) is 9.89 Å². The summed E-state index contributed by atoms with van der Waals surface area (Å²) in [6.07, 6.45) is 6.12. The summed E-state index contributed by atoms with van der Waals surface area (Å²) in [6, 6.07) is 13.5. The molecule has 0 radical (unpaired) electrons.